The number of fused-ring (bicyclic) bond motifs is 2. The quantitative estimate of drug-likeness (QED) is 0.344. The van der Waals surface area contributed by atoms with E-state index in [4.69, 9.17) is 4.74 Å². The first-order chi connectivity index (χ1) is 17.0. The summed E-state index contributed by atoms with van der Waals surface area (Å²) < 4.78 is 9.27. The van der Waals surface area contributed by atoms with Gasteiger partial charge < -0.3 is 15.4 Å². The molecule has 8 nitrogen and oxygen atoms in total. The van der Waals surface area contributed by atoms with Crippen LogP contribution in [0.25, 0.3) is 21.9 Å². The van der Waals surface area contributed by atoms with E-state index in [-0.39, 0.29) is 11.7 Å². The number of ether oxygens (including phenoxy) is 1. The molecule has 5 rings (SSSR count). The molecule has 0 aliphatic heterocycles. The van der Waals surface area contributed by atoms with Gasteiger partial charge in [0, 0.05) is 42.8 Å². The normalized spacial score (nSPS) is 10.5. The van der Waals surface area contributed by atoms with Crippen LogP contribution in [0.1, 0.15) is 13.8 Å². The van der Waals surface area contributed by atoms with Crippen LogP contribution in [-0.2, 0) is 14.1 Å². The average molecular weight is 470 g/mol. The Bertz CT molecular complexity index is 1550. The molecule has 0 spiro atoms. The van der Waals surface area contributed by atoms with Gasteiger partial charge in [0.25, 0.3) is 0 Å². The Morgan fingerprint density at radius 3 is 2.23 bits per heavy atom. The number of nitrogens with one attached hydrogen (secondary N) is 2. The third-order valence-electron chi connectivity index (χ3n) is 5.48. The summed E-state index contributed by atoms with van der Waals surface area (Å²) in [6.07, 6.45) is 1.61. The van der Waals surface area contributed by atoms with Crippen molar-refractivity contribution >= 4 is 39.3 Å². The molecule has 2 N–H and O–H groups in total. The minimum Gasteiger partial charge on any atom is -0.454 e. The van der Waals surface area contributed by atoms with Crippen LogP contribution in [0, 0.1) is 0 Å². The molecule has 0 saturated heterocycles. The van der Waals surface area contributed by atoms with E-state index >= 15 is 0 Å². The zero-order chi connectivity index (χ0) is 24.9. The second-order valence-electron chi connectivity index (χ2n) is 7.59. The van der Waals surface area contributed by atoms with Gasteiger partial charge in [-0.05, 0) is 24.3 Å². The van der Waals surface area contributed by atoms with Gasteiger partial charge in [-0.2, -0.15) is 0 Å². The molecule has 2 heterocycles. The lowest BCUT2D eigenvalue weighted by atomic mass is 10.1. The summed E-state index contributed by atoms with van der Waals surface area (Å²) in [5, 5.41) is 7.38. The summed E-state index contributed by atoms with van der Waals surface area (Å²) >= 11 is 0. The zero-order valence-electron chi connectivity index (χ0n) is 20.1. The highest BCUT2D eigenvalue weighted by Gasteiger charge is 2.16. The fourth-order valence-electron chi connectivity index (χ4n) is 3.87. The van der Waals surface area contributed by atoms with Gasteiger partial charge in [-0.3, -0.25) is 9.13 Å². The fraction of sp³-hybridized carbons (Fsp3) is 0.148. The number of anilines is 2. The van der Waals surface area contributed by atoms with Crippen LogP contribution in [0.5, 0.6) is 11.5 Å². The van der Waals surface area contributed by atoms with Gasteiger partial charge in [0.05, 0.1) is 5.69 Å². The van der Waals surface area contributed by atoms with Crippen molar-refractivity contribution in [3.05, 3.63) is 89.5 Å². The smallest absolute Gasteiger partial charge is 0.329 e. The summed E-state index contributed by atoms with van der Waals surface area (Å²) in [5.41, 5.74) is 2.33. The highest BCUT2D eigenvalue weighted by Crippen LogP contribution is 2.36. The van der Waals surface area contributed by atoms with Crippen LogP contribution in [-0.4, -0.2) is 20.1 Å². The van der Waals surface area contributed by atoms with E-state index in [1.165, 1.54) is 9.13 Å². The van der Waals surface area contributed by atoms with Gasteiger partial charge in [-0.15, -0.1) is 0 Å². The summed E-state index contributed by atoms with van der Waals surface area (Å²) in [5.74, 6) is 1.12. The third-order valence-corrected chi connectivity index (χ3v) is 5.48. The van der Waals surface area contributed by atoms with E-state index in [2.05, 4.69) is 15.6 Å². The summed E-state index contributed by atoms with van der Waals surface area (Å²) in [6, 6.07) is 21.9. The second kappa shape index (κ2) is 10.1. The largest absolute Gasteiger partial charge is 0.454 e. The number of hydrogen-bond donors (Lipinski definition) is 2. The number of imidazole rings is 1. The number of hydrogen-bond acceptors (Lipinski definition) is 4. The Balaban J connectivity index is 0.00000141. The minimum absolute atomic E-state index is 0.178. The summed E-state index contributed by atoms with van der Waals surface area (Å²) in [6.45, 7) is 4.00. The molecule has 5 aromatic rings. The van der Waals surface area contributed by atoms with Gasteiger partial charge in [-0.25, -0.2) is 14.6 Å². The Morgan fingerprint density at radius 2 is 1.49 bits per heavy atom. The topological polar surface area (TPSA) is 90.2 Å². The monoisotopic (exact) mass is 469 g/mol. The van der Waals surface area contributed by atoms with Crippen LogP contribution in [0.3, 0.4) is 0 Å². The van der Waals surface area contributed by atoms with E-state index in [9.17, 15) is 9.59 Å². The maximum absolute atomic E-state index is 12.5. The molecule has 0 fully saturated rings. The van der Waals surface area contributed by atoms with Crippen molar-refractivity contribution in [3.8, 4) is 11.5 Å². The number of amides is 2. The van der Waals surface area contributed by atoms with Gasteiger partial charge in [0.2, 0.25) is 0 Å². The number of urea groups is 1. The van der Waals surface area contributed by atoms with Gasteiger partial charge in [-0.1, -0.05) is 56.3 Å². The third kappa shape index (κ3) is 4.59. The molecule has 0 bridgehead atoms. The van der Waals surface area contributed by atoms with Crippen molar-refractivity contribution in [3.63, 3.8) is 0 Å². The van der Waals surface area contributed by atoms with Crippen LogP contribution < -0.4 is 21.1 Å². The van der Waals surface area contributed by atoms with Gasteiger partial charge in [0.1, 0.15) is 11.3 Å². The van der Waals surface area contributed by atoms with Crippen LogP contribution >= 0.6 is 0 Å². The van der Waals surface area contributed by atoms with Crippen LogP contribution in [0.4, 0.5) is 16.2 Å². The molecule has 178 valence electrons. The molecule has 2 aromatic heterocycles. The van der Waals surface area contributed by atoms with E-state index in [1.54, 1.807) is 38.5 Å². The fourth-order valence-corrected chi connectivity index (χ4v) is 3.87. The minimum atomic E-state index is -0.338. The highest BCUT2D eigenvalue weighted by molar-refractivity contribution is 6.07. The predicted octanol–water partition coefficient (Wildman–Crippen LogP) is 5.89. The number of para-hydroxylation sites is 1. The van der Waals surface area contributed by atoms with Crippen molar-refractivity contribution in [2.24, 2.45) is 14.1 Å². The van der Waals surface area contributed by atoms with Crippen molar-refractivity contribution in [1.29, 1.82) is 0 Å². The van der Waals surface area contributed by atoms with Crippen molar-refractivity contribution in [1.82, 2.24) is 14.1 Å². The molecule has 0 radical (unpaired) electrons. The maximum Gasteiger partial charge on any atom is 0.329 e. The number of aryl methyl sites for hydroxylation is 2. The van der Waals surface area contributed by atoms with Crippen LogP contribution in [0.2, 0.25) is 0 Å². The van der Waals surface area contributed by atoms with Crippen molar-refractivity contribution in [2.45, 2.75) is 13.8 Å². The molecule has 8 heteroatoms. The van der Waals surface area contributed by atoms with Gasteiger partial charge in [0.15, 0.2) is 11.4 Å². The Kier molecular flexibility index (Phi) is 6.82. The number of carbonyl (C=O) groups is 1. The molecule has 0 aliphatic rings. The average Bonchev–Trinajstić information content (AvgIpc) is 3.12. The number of rotatable bonds is 4. The van der Waals surface area contributed by atoms with Crippen molar-refractivity contribution < 1.29 is 9.53 Å². The molecule has 3 aromatic carbocycles. The Labute approximate surface area is 202 Å². The number of aromatic nitrogens is 3. The second-order valence-corrected chi connectivity index (χ2v) is 7.59. The Morgan fingerprint density at radius 1 is 0.800 bits per heavy atom. The van der Waals surface area contributed by atoms with Gasteiger partial charge >= 0.3 is 11.7 Å². The molecule has 35 heavy (non-hydrogen) atoms. The molecular weight excluding hydrogens is 442 g/mol. The maximum atomic E-state index is 12.5. The molecule has 2 amide bonds. The van der Waals surface area contributed by atoms with E-state index in [1.807, 2.05) is 68.4 Å². The van der Waals surface area contributed by atoms with Crippen molar-refractivity contribution in [2.75, 3.05) is 10.6 Å². The SMILES string of the molecule is CC.Cn1c(=O)n(C)c2c(Oc3ccc(NC(=O)Nc4ccccc4)c4ccccc34)ccnc21. The number of carbonyl (C=O) groups excluding carboxylic acids is 1. The first kappa shape index (κ1) is 23.6. The lowest BCUT2D eigenvalue weighted by molar-refractivity contribution is 0.262. The van der Waals surface area contributed by atoms with Crippen LogP contribution in [0.15, 0.2) is 83.8 Å². The van der Waals surface area contributed by atoms with E-state index < -0.39 is 0 Å². The standard InChI is InChI=1S/C25H21N5O3.C2H6/c1-29-22-21(14-15-26-23(22)30(2)25(29)32)33-20-13-12-19(17-10-6-7-11-18(17)20)28-24(31)27-16-8-4-3-5-9-16;1-2/h3-15H,1-2H3,(H2,27,28,31);1-2H3. The molecular formula is C27H27N5O3. The summed E-state index contributed by atoms with van der Waals surface area (Å²) in [4.78, 5) is 29.2. The number of nitrogens with zero attached hydrogens (tertiary/aromatic N) is 3. The van der Waals surface area contributed by atoms with E-state index in [0.29, 0.717) is 34.0 Å². The molecule has 0 aliphatic carbocycles. The molecule has 0 unspecified atom stereocenters. The lowest BCUT2D eigenvalue weighted by Crippen LogP contribution is -2.19. The molecule has 0 atom stereocenters. The number of pyridine rings is 1. The molecule has 0 saturated carbocycles. The first-order valence-electron chi connectivity index (χ1n) is 11.4. The highest BCUT2D eigenvalue weighted by atomic mass is 16.5. The number of benzene rings is 3. The zero-order valence-corrected chi connectivity index (χ0v) is 20.1. The van der Waals surface area contributed by atoms with E-state index in [0.717, 1.165) is 10.8 Å². The predicted molar refractivity (Wildman–Crippen MR) is 140 cm³/mol. The first-order valence-corrected chi connectivity index (χ1v) is 11.4. The lowest BCUT2D eigenvalue weighted by Gasteiger charge is -2.14. The summed E-state index contributed by atoms with van der Waals surface area (Å²) in [7, 11) is 3.37. The Hall–Kier alpha value is -4.59.